The number of carbonyl (C=O) groups is 1. The molecule has 0 radical (unpaired) electrons. The molecule has 0 aromatic heterocycles. The van der Waals surface area contributed by atoms with Crippen LogP contribution in [0.1, 0.15) is 49.9 Å². The van der Waals surface area contributed by atoms with Gasteiger partial charge in [-0.05, 0) is 42.4 Å². The van der Waals surface area contributed by atoms with Crippen LogP contribution in [0.4, 0.5) is 0 Å². The van der Waals surface area contributed by atoms with Crippen LogP contribution < -0.4 is 9.47 Å². The fourth-order valence-corrected chi connectivity index (χ4v) is 3.41. The highest BCUT2D eigenvalue weighted by Crippen LogP contribution is 2.38. The minimum absolute atomic E-state index is 0.231. The monoisotopic (exact) mass is 274 g/mol. The minimum Gasteiger partial charge on any atom is -0.454 e. The number of carbonyl (C=O) groups excluding carboxylic acids is 1. The molecule has 3 nitrogen and oxygen atoms in total. The maximum absolute atomic E-state index is 12.5. The van der Waals surface area contributed by atoms with Crippen molar-refractivity contribution < 1.29 is 14.3 Å². The molecular weight excluding hydrogens is 252 g/mol. The zero-order valence-electron chi connectivity index (χ0n) is 12.2. The zero-order chi connectivity index (χ0) is 14.1. The number of Topliss-reactive ketones (excluding diaryl/α,β-unsaturated/α-hetero) is 1. The summed E-state index contributed by atoms with van der Waals surface area (Å²) in [4.78, 5) is 12.5. The van der Waals surface area contributed by atoms with Gasteiger partial charge in [0.1, 0.15) is 0 Å². The molecule has 20 heavy (non-hydrogen) atoms. The Labute approximate surface area is 120 Å². The normalized spacial score (nSPS) is 28.4. The number of ketones is 1. The molecule has 3 heteroatoms. The highest BCUT2D eigenvalue weighted by Gasteiger charge is 2.29. The summed E-state index contributed by atoms with van der Waals surface area (Å²) in [5.74, 6) is 3.56. The molecule has 0 bridgehead atoms. The van der Waals surface area contributed by atoms with Crippen LogP contribution in [0.15, 0.2) is 18.2 Å². The van der Waals surface area contributed by atoms with Crippen molar-refractivity contribution in [3.63, 3.8) is 0 Å². The van der Waals surface area contributed by atoms with Crippen LogP contribution in [0, 0.1) is 17.8 Å². The van der Waals surface area contributed by atoms with Crippen molar-refractivity contribution in [1.82, 2.24) is 0 Å². The molecule has 0 N–H and O–H groups in total. The summed E-state index contributed by atoms with van der Waals surface area (Å²) in [6.07, 6.45) is 4.40. The van der Waals surface area contributed by atoms with Gasteiger partial charge in [0.05, 0.1) is 0 Å². The number of rotatable bonds is 3. The third kappa shape index (κ3) is 2.54. The van der Waals surface area contributed by atoms with Crippen LogP contribution in [0.2, 0.25) is 0 Å². The van der Waals surface area contributed by atoms with Crippen molar-refractivity contribution in [2.24, 2.45) is 17.8 Å². The van der Waals surface area contributed by atoms with Crippen molar-refractivity contribution >= 4 is 5.78 Å². The number of benzene rings is 1. The van der Waals surface area contributed by atoms with Crippen molar-refractivity contribution in [2.45, 2.75) is 39.5 Å². The van der Waals surface area contributed by atoms with Gasteiger partial charge in [-0.15, -0.1) is 0 Å². The Morgan fingerprint density at radius 2 is 2.00 bits per heavy atom. The Morgan fingerprint density at radius 3 is 2.85 bits per heavy atom. The van der Waals surface area contributed by atoms with Gasteiger partial charge in [-0.3, -0.25) is 4.79 Å². The van der Waals surface area contributed by atoms with Crippen LogP contribution in [0.25, 0.3) is 0 Å². The smallest absolute Gasteiger partial charge is 0.231 e. The fourth-order valence-electron chi connectivity index (χ4n) is 3.41. The quantitative estimate of drug-likeness (QED) is 0.780. The van der Waals surface area contributed by atoms with Gasteiger partial charge in [-0.1, -0.05) is 26.7 Å². The Balaban J connectivity index is 1.70. The fraction of sp³-hybridized carbons (Fsp3) is 0.588. The molecule has 1 aliphatic heterocycles. The lowest BCUT2D eigenvalue weighted by atomic mass is 9.71. The summed E-state index contributed by atoms with van der Waals surface area (Å²) in [7, 11) is 0. The molecule has 1 saturated carbocycles. The van der Waals surface area contributed by atoms with Crippen LogP contribution in [-0.4, -0.2) is 12.6 Å². The van der Waals surface area contributed by atoms with Gasteiger partial charge in [0.25, 0.3) is 0 Å². The van der Waals surface area contributed by atoms with Crippen LogP contribution in [-0.2, 0) is 0 Å². The van der Waals surface area contributed by atoms with E-state index in [-0.39, 0.29) is 12.6 Å². The molecule has 3 unspecified atom stereocenters. The summed E-state index contributed by atoms with van der Waals surface area (Å²) in [6, 6.07) is 5.51. The third-order valence-electron chi connectivity index (χ3n) is 5.02. The summed E-state index contributed by atoms with van der Waals surface area (Å²) in [6.45, 7) is 4.85. The van der Waals surface area contributed by atoms with E-state index in [0.29, 0.717) is 24.0 Å². The van der Waals surface area contributed by atoms with E-state index in [1.54, 1.807) is 0 Å². The minimum atomic E-state index is 0.231. The van der Waals surface area contributed by atoms with Gasteiger partial charge in [-0.2, -0.15) is 0 Å². The van der Waals surface area contributed by atoms with E-state index in [2.05, 4.69) is 13.8 Å². The van der Waals surface area contributed by atoms with Crippen molar-refractivity contribution in [3.05, 3.63) is 23.8 Å². The second-order valence-corrected chi connectivity index (χ2v) is 6.22. The first-order chi connectivity index (χ1) is 9.65. The summed E-state index contributed by atoms with van der Waals surface area (Å²) in [5, 5.41) is 0. The summed E-state index contributed by atoms with van der Waals surface area (Å²) < 4.78 is 10.6. The maximum Gasteiger partial charge on any atom is 0.231 e. The van der Waals surface area contributed by atoms with E-state index in [9.17, 15) is 4.79 Å². The Kier molecular flexibility index (Phi) is 3.68. The first-order valence-corrected chi connectivity index (χ1v) is 7.58. The van der Waals surface area contributed by atoms with Gasteiger partial charge < -0.3 is 9.47 Å². The number of ether oxygens (including phenoxy) is 2. The van der Waals surface area contributed by atoms with E-state index < -0.39 is 0 Å². The number of hydrogen-bond donors (Lipinski definition) is 0. The van der Waals surface area contributed by atoms with E-state index in [1.165, 1.54) is 19.3 Å². The lowest BCUT2D eigenvalue weighted by Gasteiger charge is -2.33. The molecule has 1 heterocycles. The molecule has 1 aromatic rings. The van der Waals surface area contributed by atoms with Crippen molar-refractivity contribution in [3.8, 4) is 11.5 Å². The first kappa shape index (κ1) is 13.5. The Bertz CT molecular complexity index is 509. The highest BCUT2D eigenvalue weighted by atomic mass is 16.7. The molecular formula is C17H22O3. The molecule has 1 fully saturated rings. The SMILES string of the molecule is CC1CCCC(CC(=O)c2ccc3c(c2)OCO3)C1C. The summed E-state index contributed by atoms with van der Waals surface area (Å²) in [5.41, 5.74) is 0.750. The predicted octanol–water partition coefficient (Wildman–Crippen LogP) is 4.06. The standard InChI is InChI=1S/C17H22O3/c1-11-4-3-5-13(12(11)2)8-15(18)14-6-7-16-17(9-14)20-10-19-16/h6-7,9,11-13H,3-5,8,10H2,1-2H3. The average molecular weight is 274 g/mol. The largest absolute Gasteiger partial charge is 0.454 e. The van der Waals surface area contributed by atoms with E-state index in [0.717, 1.165) is 17.2 Å². The topological polar surface area (TPSA) is 35.5 Å². The van der Waals surface area contributed by atoms with Gasteiger partial charge in [-0.25, -0.2) is 0 Å². The lowest BCUT2D eigenvalue weighted by molar-refractivity contribution is 0.0897. The van der Waals surface area contributed by atoms with Gasteiger partial charge in [0, 0.05) is 12.0 Å². The molecule has 0 amide bonds. The lowest BCUT2D eigenvalue weighted by Crippen LogP contribution is -2.26. The predicted molar refractivity (Wildman–Crippen MR) is 77.2 cm³/mol. The van der Waals surface area contributed by atoms with Crippen molar-refractivity contribution in [2.75, 3.05) is 6.79 Å². The number of hydrogen-bond acceptors (Lipinski definition) is 3. The molecule has 3 rings (SSSR count). The van der Waals surface area contributed by atoms with Crippen LogP contribution >= 0.6 is 0 Å². The van der Waals surface area contributed by atoms with Crippen molar-refractivity contribution in [1.29, 1.82) is 0 Å². The second kappa shape index (κ2) is 5.47. The Hall–Kier alpha value is -1.51. The van der Waals surface area contributed by atoms with E-state index in [1.807, 2.05) is 18.2 Å². The second-order valence-electron chi connectivity index (χ2n) is 6.22. The van der Waals surface area contributed by atoms with E-state index >= 15 is 0 Å². The van der Waals surface area contributed by atoms with Crippen LogP contribution in [0.5, 0.6) is 11.5 Å². The third-order valence-corrected chi connectivity index (χ3v) is 5.02. The molecule has 2 aliphatic rings. The zero-order valence-corrected chi connectivity index (χ0v) is 12.2. The average Bonchev–Trinajstić information content (AvgIpc) is 2.91. The highest BCUT2D eigenvalue weighted by molar-refractivity contribution is 5.96. The van der Waals surface area contributed by atoms with E-state index in [4.69, 9.17) is 9.47 Å². The maximum atomic E-state index is 12.5. The molecule has 108 valence electrons. The first-order valence-electron chi connectivity index (χ1n) is 7.58. The molecule has 0 spiro atoms. The molecule has 1 aliphatic carbocycles. The molecule has 1 aromatic carbocycles. The number of fused-ring (bicyclic) bond motifs is 1. The Morgan fingerprint density at radius 1 is 1.20 bits per heavy atom. The van der Waals surface area contributed by atoms with Gasteiger partial charge in [0.2, 0.25) is 6.79 Å². The summed E-state index contributed by atoms with van der Waals surface area (Å²) >= 11 is 0. The van der Waals surface area contributed by atoms with Crippen LogP contribution in [0.3, 0.4) is 0 Å². The molecule has 3 atom stereocenters. The van der Waals surface area contributed by atoms with Gasteiger partial charge >= 0.3 is 0 Å². The molecule has 0 saturated heterocycles. The van der Waals surface area contributed by atoms with Gasteiger partial charge in [0.15, 0.2) is 17.3 Å².